The van der Waals surface area contributed by atoms with Gasteiger partial charge in [0.2, 0.25) is 0 Å². The average Bonchev–Trinajstić information content (AvgIpc) is 1.60. The average molecular weight is 166 g/mol. The molecule has 0 aromatic heterocycles. The number of hydrogen-bond donors (Lipinski definition) is 0. The van der Waals surface area contributed by atoms with Gasteiger partial charge in [-0.3, -0.25) is 4.18 Å². The molecule has 0 saturated heterocycles. The van der Waals surface area contributed by atoms with Crippen LogP contribution in [0.5, 0.6) is 0 Å². The van der Waals surface area contributed by atoms with Crippen LogP contribution in [0.3, 0.4) is 0 Å². The molecule has 0 saturated carbocycles. The summed E-state index contributed by atoms with van der Waals surface area (Å²) in [5.41, 5.74) is 0. The molecule has 0 aliphatic carbocycles. The summed E-state index contributed by atoms with van der Waals surface area (Å²) in [7, 11) is -3.27. The van der Waals surface area contributed by atoms with Crippen LogP contribution in [0.25, 0.3) is 0 Å². The Kier molecular flexibility index (Phi) is 3.31. The minimum absolute atomic E-state index is 0.227. The predicted molar refractivity (Wildman–Crippen MR) is 40.2 cm³/mol. The molecule has 0 spiro atoms. The molecule has 0 aromatic carbocycles. The third-order valence-corrected chi connectivity index (χ3v) is 1.92. The highest BCUT2D eigenvalue weighted by Crippen LogP contribution is 2.07. The minimum atomic E-state index is -3.27. The Morgan fingerprint density at radius 2 is 1.60 bits per heavy atom. The van der Waals surface area contributed by atoms with Crippen molar-refractivity contribution in [3.05, 3.63) is 0 Å². The highest BCUT2D eigenvalue weighted by atomic mass is 32.2. The summed E-state index contributed by atoms with van der Waals surface area (Å²) in [6.07, 6.45) is 0.835. The normalized spacial score (nSPS) is 15.7. The van der Waals surface area contributed by atoms with Crippen LogP contribution in [-0.4, -0.2) is 20.8 Å². The van der Waals surface area contributed by atoms with E-state index >= 15 is 0 Å². The van der Waals surface area contributed by atoms with Crippen molar-refractivity contribution in [2.75, 3.05) is 6.26 Å². The summed E-state index contributed by atoms with van der Waals surface area (Å²) in [5, 5.41) is 0. The van der Waals surface area contributed by atoms with Crippen molar-refractivity contribution < 1.29 is 12.6 Å². The van der Waals surface area contributed by atoms with E-state index in [1.54, 1.807) is 6.92 Å². The van der Waals surface area contributed by atoms with Crippen LogP contribution >= 0.6 is 0 Å². The van der Waals surface area contributed by atoms with E-state index < -0.39 is 10.1 Å². The Morgan fingerprint density at radius 1 is 1.20 bits per heavy atom. The van der Waals surface area contributed by atoms with Crippen LogP contribution in [0.2, 0.25) is 0 Å². The molecule has 0 radical (unpaired) electrons. The first-order valence-corrected chi connectivity index (χ1v) is 5.03. The van der Waals surface area contributed by atoms with Crippen molar-refractivity contribution >= 4 is 10.1 Å². The van der Waals surface area contributed by atoms with E-state index in [1.807, 2.05) is 13.8 Å². The fraction of sp³-hybridized carbons (Fsp3) is 1.00. The first-order chi connectivity index (χ1) is 4.33. The molecular formula is C6H14O3S. The van der Waals surface area contributed by atoms with Gasteiger partial charge in [0.1, 0.15) is 0 Å². The lowest BCUT2D eigenvalue weighted by molar-refractivity contribution is 0.180. The summed E-state index contributed by atoms with van der Waals surface area (Å²) in [6, 6.07) is 0. The zero-order valence-corrected chi connectivity index (χ0v) is 7.60. The van der Waals surface area contributed by atoms with Crippen molar-refractivity contribution in [1.82, 2.24) is 0 Å². The first kappa shape index (κ1) is 9.91. The van der Waals surface area contributed by atoms with Gasteiger partial charge in [-0.1, -0.05) is 13.8 Å². The summed E-state index contributed by atoms with van der Waals surface area (Å²) >= 11 is 0. The Balaban J connectivity index is 3.93. The maximum absolute atomic E-state index is 10.5. The van der Waals surface area contributed by atoms with Crippen LogP contribution < -0.4 is 0 Å². The highest BCUT2D eigenvalue weighted by Gasteiger charge is 2.12. The Labute approximate surface area is 62.5 Å². The van der Waals surface area contributed by atoms with E-state index in [1.165, 1.54) is 0 Å². The van der Waals surface area contributed by atoms with Crippen molar-refractivity contribution in [1.29, 1.82) is 0 Å². The van der Waals surface area contributed by atoms with E-state index in [9.17, 15) is 8.42 Å². The lowest BCUT2D eigenvalue weighted by atomic mass is 10.1. The molecule has 1 atom stereocenters. The van der Waals surface area contributed by atoms with Gasteiger partial charge < -0.3 is 0 Å². The van der Waals surface area contributed by atoms with Crippen LogP contribution in [0.15, 0.2) is 0 Å². The van der Waals surface area contributed by atoms with Crippen molar-refractivity contribution in [2.45, 2.75) is 26.9 Å². The van der Waals surface area contributed by atoms with E-state index in [-0.39, 0.29) is 12.0 Å². The predicted octanol–water partition coefficient (Wildman–Crippen LogP) is 1.01. The topological polar surface area (TPSA) is 43.4 Å². The van der Waals surface area contributed by atoms with Gasteiger partial charge in [0.25, 0.3) is 10.1 Å². The zero-order valence-electron chi connectivity index (χ0n) is 6.79. The van der Waals surface area contributed by atoms with Gasteiger partial charge in [-0.2, -0.15) is 8.42 Å². The largest absolute Gasteiger partial charge is 0.267 e. The van der Waals surface area contributed by atoms with Crippen LogP contribution in [0, 0.1) is 5.92 Å². The fourth-order valence-electron chi connectivity index (χ4n) is 0.387. The van der Waals surface area contributed by atoms with E-state index in [2.05, 4.69) is 4.18 Å². The van der Waals surface area contributed by atoms with Crippen molar-refractivity contribution in [2.24, 2.45) is 5.92 Å². The van der Waals surface area contributed by atoms with Gasteiger partial charge >= 0.3 is 0 Å². The molecule has 3 nitrogen and oxygen atoms in total. The molecule has 10 heavy (non-hydrogen) atoms. The smallest absolute Gasteiger partial charge is 0.264 e. The quantitative estimate of drug-likeness (QED) is 0.588. The molecule has 0 aliphatic rings. The summed E-state index contributed by atoms with van der Waals surface area (Å²) in [5.74, 6) is 0.231. The van der Waals surface area contributed by atoms with Crippen molar-refractivity contribution in [3.8, 4) is 0 Å². The minimum Gasteiger partial charge on any atom is -0.267 e. The molecule has 0 rings (SSSR count). The second kappa shape index (κ2) is 3.34. The fourth-order valence-corrected chi connectivity index (χ4v) is 1.16. The van der Waals surface area contributed by atoms with Gasteiger partial charge in [0.05, 0.1) is 12.4 Å². The summed E-state index contributed by atoms with van der Waals surface area (Å²) in [4.78, 5) is 0. The Hall–Kier alpha value is -0.0900. The zero-order chi connectivity index (χ0) is 8.36. The van der Waals surface area contributed by atoms with Crippen LogP contribution in [0.4, 0.5) is 0 Å². The summed E-state index contributed by atoms with van der Waals surface area (Å²) in [6.45, 7) is 5.57. The summed E-state index contributed by atoms with van der Waals surface area (Å²) < 4.78 is 25.7. The maximum Gasteiger partial charge on any atom is 0.264 e. The number of rotatable bonds is 3. The van der Waals surface area contributed by atoms with Gasteiger partial charge in [-0.05, 0) is 12.8 Å². The molecule has 0 aromatic rings. The Bertz CT molecular complexity index is 181. The maximum atomic E-state index is 10.5. The second-order valence-corrected chi connectivity index (χ2v) is 4.35. The molecule has 0 amide bonds. The molecular weight excluding hydrogens is 152 g/mol. The molecule has 62 valence electrons. The molecule has 1 unspecified atom stereocenters. The van der Waals surface area contributed by atoms with Gasteiger partial charge in [-0.25, -0.2) is 0 Å². The first-order valence-electron chi connectivity index (χ1n) is 3.21. The standard InChI is InChI=1S/C6H14O3S/c1-5(2)6(3)9-10(4,7)8/h5-6H,1-4H3. The van der Waals surface area contributed by atoms with E-state index in [4.69, 9.17) is 0 Å². The molecule has 0 bridgehead atoms. The molecule has 0 aliphatic heterocycles. The van der Waals surface area contributed by atoms with Crippen LogP contribution in [0.1, 0.15) is 20.8 Å². The van der Waals surface area contributed by atoms with E-state index in [0.717, 1.165) is 6.26 Å². The van der Waals surface area contributed by atoms with Crippen LogP contribution in [-0.2, 0) is 14.3 Å². The molecule has 0 heterocycles. The third kappa shape index (κ3) is 4.76. The second-order valence-electron chi connectivity index (χ2n) is 2.75. The third-order valence-electron chi connectivity index (χ3n) is 1.27. The molecule has 4 heteroatoms. The lowest BCUT2D eigenvalue weighted by Gasteiger charge is -2.13. The van der Waals surface area contributed by atoms with Gasteiger partial charge in [0.15, 0.2) is 0 Å². The number of hydrogen-bond acceptors (Lipinski definition) is 3. The molecule has 0 N–H and O–H groups in total. The van der Waals surface area contributed by atoms with Gasteiger partial charge in [0, 0.05) is 0 Å². The van der Waals surface area contributed by atoms with E-state index in [0.29, 0.717) is 0 Å². The van der Waals surface area contributed by atoms with Crippen molar-refractivity contribution in [3.63, 3.8) is 0 Å². The lowest BCUT2D eigenvalue weighted by Crippen LogP contribution is -2.19. The SMILES string of the molecule is CC(C)C(C)OS(C)(=O)=O. The monoisotopic (exact) mass is 166 g/mol. The Morgan fingerprint density at radius 3 is 1.70 bits per heavy atom. The highest BCUT2D eigenvalue weighted by molar-refractivity contribution is 7.86. The molecule has 0 fully saturated rings. The van der Waals surface area contributed by atoms with Gasteiger partial charge in [-0.15, -0.1) is 0 Å².